The summed E-state index contributed by atoms with van der Waals surface area (Å²) >= 11 is 0. The van der Waals surface area contributed by atoms with E-state index in [2.05, 4.69) is 37.1 Å². The van der Waals surface area contributed by atoms with E-state index in [9.17, 15) is 5.11 Å². The molecule has 0 radical (unpaired) electrons. The van der Waals surface area contributed by atoms with Crippen molar-refractivity contribution >= 4 is 0 Å². The van der Waals surface area contributed by atoms with Crippen molar-refractivity contribution in [3.63, 3.8) is 0 Å². The summed E-state index contributed by atoms with van der Waals surface area (Å²) in [6.07, 6.45) is 0.207. The second kappa shape index (κ2) is 8.00. The van der Waals surface area contributed by atoms with Gasteiger partial charge < -0.3 is 9.84 Å². The van der Waals surface area contributed by atoms with Gasteiger partial charge in [0, 0.05) is 32.7 Å². The SMILES string of the molecule is C=C(C)CN(CC)CC(O)CN1CC(C)OC(C)C1. The van der Waals surface area contributed by atoms with Crippen LogP contribution in [0.2, 0.25) is 0 Å². The molecule has 19 heavy (non-hydrogen) atoms. The van der Waals surface area contributed by atoms with Crippen molar-refractivity contribution in [1.82, 2.24) is 9.80 Å². The van der Waals surface area contributed by atoms with Crippen LogP contribution >= 0.6 is 0 Å². The summed E-state index contributed by atoms with van der Waals surface area (Å²) in [6, 6.07) is 0. The Hall–Kier alpha value is -0.420. The molecule has 4 heteroatoms. The van der Waals surface area contributed by atoms with E-state index < -0.39 is 0 Å². The zero-order chi connectivity index (χ0) is 14.4. The molecule has 1 fully saturated rings. The van der Waals surface area contributed by atoms with E-state index >= 15 is 0 Å². The van der Waals surface area contributed by atoms with Crippen molar-refractivity contribution in [2.45, 2.75) is 46.0 Å². The fourth-order valence-electron chi connectivity index (χ4n) is 2.77. The molecule has 112 valence electrons. The Labute approximate surface area is 118 Å². The fraction of sp³-hybridized carbons (Fsp3) is 0.867. The van der Waals surface area contributed by atoms with Gasteiger partial charge in [-0.2, -0.15) is 0 Å². The van der Waals surface area contributed by atoms with Crippen LogP contribution in [0.1, 0.15) is 27.7 Å². The van der Waals surface area contributed by atoms with Gasteiger partial charge in [0.25, 0.3) is 0 Å². The van der Waals surface area contributed by atoms with Crippen molar-refractivity contribution in [3.8, 4) is 0 Å². The highest BCUT2D eigenvalue weighted by Crippen LogP contribution is 2.11. The molecule has 0 aromatic heterocycles. The van der Waals surface area contributed by atoms with Crippen molar-refractivity contribution in [3.05, 3.63) is 12.2 Å². The number of aliphatic hydroxyl groups is 1. The molecule has 0 bridgehead atoms. The molecule has 1 aliphatic rings. The number of hydrogen-bond acceptors (Lipinski definition) is 4. The summed E-state index contributed by atoms with van der Waals surface area (Å²) in [4.78, 5) is 4.54. The van der Waals surface area contributed by atoms with Gasteiger partial charge in [0.05, 0.1) is 18.3 Å². The maximum atomic E-state index is 10.2. The molecule has 0 aliphatic carbocycles. The van der Waals surface area contributed by atoms with Gasteiger partial charge in [-0.3, -0.25) is 9.80 Å². The summed E-state index contributed by atoms with van der Waals surface area (Å²) in [6.45, 7) is 17.3. The number of aliphatic hydroxyl groups excluding tert-OH is 1. The van der Waals surface area contributed by atoms with Crippen LogP contribution in [0.4, 0.5) is 0 Å². The number of nitrogens with zero attached hydrogens (tertiary/aromatic N) is 2. The maximum absolute atomic E-state index is 10.2. The van der Waals surface area contributed by atoms with Gasteiger partial charge >= 0.3 is 0 Å². The summed E-state index contributed by atoms with van der Waals surface area (Å²) in [5.41, 5.74) is 1.14. The highest BCUT2D eigenvalue weighted by molar-refractivity contribution is 4.92. The lowest BCUT2D eigenvalue weighted by Gasteiger charge is -2.37. The highest BCUT2D eigenvalue weighted by atomic mass is 16.5. The molecule has 0 spiro atoms. The van der Waals surface area contributed by atoms with Gasteiger partial charge in [-0.05, 0) is 27.3 Å². The van der Waals surface area contributed by atoms with E-state index in [4.69, 9.17) is 4.74 Å². The fourth-order valence-corrected chi connectivity index (χ4v) is 2.77. The van der Waals surface area contributed by atoms with E-state index in [1.165, 1.54) is 0 Å². The average molecular weight is 270 g/mol. The van der Waals surface area contributed by atoms with E-state index in [1.54, 1.807) is 0 Å². The second-order valence-electron chi connectivity index (χ2n) is 5.91. The molecule has 0 saturated carbocycles. The molecule has 0 aromatic rings. The number of β-amino-alcohol motifs (C(OH)–C–C–N with tert-alkyl or cyclic N) is 1. The first-order chi connectivity index (χ1) is 8.90. The first-order valence-electron chi connectivity index (χ1n) is 7.33. The number of hydrogen-bond donors (Lipinski definition) is 1. The molecule has 3 unspecified atom stereocenters. The zero-order valence-corrected chi connectivity index (χ0v) is 12.9. The zero-order valence-electron chi connectivity index (χ0n) is 12.9. The molecule has 4 nitrogen and oxygen atoms in total. The predicted octanol–water partition coefficient (Wildman–Crippen LogP) is 1.35. The van der Waals surface area contributed by atoms with Gasteiger partial charge in [0.15, 0.2) is 0 Å². The quantitative estimate of drug-likeness (QED) is 0.709. The third-order valence-corrected chi connectivity index (χ3v) is 3.37. The van der Waals surface area contributed by atoms with Crippen LogP contribution in [-0.4, -0.2) is 72.5 Å². The topological polar surface area (TPSA) is 35.9 Å². The number of morpholine rings is 1. The second-order valence-corrected chi connectivity index (χ2v) is 5.91. The van der Waals surface area contributed by atoms with Crippen LogP contribution in [0, 0.1) is 0 Å². The summed E-state index contributed by atoms with van der Waals surface area (Å²) in [5, 5.41) is 10.2. The molecule has 3 atom stereocenters. The van der Waals surface area contributed by atoms with Crippen molar-refractivity contribution in [1.29, 1.82) is 0 Å². The third-order valence-electron chi connectivity index (χ3n) is 3.37. The lowest BCUT2D eigenvalue weighted by Crippen LogP contribution is -2.49. The molecule has 1 aliphatic heterocycles. The molecule has 0 aromatic carbocycles. The highest BCUT2D eigenvalue weighted by Gasteiger charge is 2.24. The number of ether oxygens (including phenoxy) is 1. The molecule has 0 amide bonds. The van der Waals surface area contributed by atoms with Crippen LogP contribution in [0.3, 0.4) is 0 Å². The van der Waals surface area contributed by atoms with E-state index in [0.717, 1.165) is 38.3 Å². The summed E-state index contributed by atoms with van der Waals surface area (Å²) in [5.74, 6) is 0. The minimum absolute atomic E-state index is 0.258. The number of likely N-dealkylation sites (N-methyl/N-ethyl adjacent to an activating group) is 1. The standard InChI is InChI=1S/C15H30N2O2/c1-6-16(7-12(2)3)10-15(18)11-17-8-13(4)19-14(5)9-17/h13-15,18H,2,6-11H2,1,3-5H3. The summed E-state index contributed by atoms with van der Waals surface area (Å²) < 4.78 is 5.71. The average Bonchev–Trinajstić information content (AvgIpc) is 2.25. The third kappa shape index (κ3) is 6.52. The van der Waals surface area contributed by atoms with Crippen LogP contribution in [0.25, 0.3) is 0 Å². The maximum Gasteiger partial charge on any atom is 0.0793 e. The lowest BCUT2D eigenvalue weighted by atomic mass is 10.2. The minimum Gasteiger partial charge on any atom is -0.390 e. The van der Waals surface area contributed by atoms with Gasteiger partial charge in [0.2, 0.25) is 0 Å². The molecule has 1 N–H and O–H groups in total. The monoisotopic (exact) mass is 270 g/mol. The summed E-state index contributed by atoms with van der Waals surface area (Å²) in [7, 11) is 0. The normalized spacial score (nSPS) is 26.6. The Bertz CT molecular complexity index is 273. The van der Waals surface area contributed by atoms with Gasteiger partial charge in [0.1, 0.15) is 0 Å². The van der Waals surface area contributed by atoms with Crippen LogP contribution < -0.4 is 0 Å². The Morgan fingerprint density at radius 1 is 1.42 bits per heavy atom. The Balaban J connectivity index is 2.36. The Morgan fingerprint density at radius 3 is 2.47 bits per heavy atom. The molecule has 1 saturated heterocycles. The first-order valence-corrected chi connectivity index (χ1v) is 7.33. The van der Waals surface area contributed by atoms with Crippen LogP contribution in [0.5, 0.6) is 0 Å². The van der Waals surface area contributed by atoms with Gasteiger partial charge in [-0.15, -0.1) is 0 Å². The van der Waals surface area contributed by atoms with Crippen molar-refractivity contribution < 1.29 is 9.84 Å². The Morgan fingerprint density at radius 2 is 2.00 bits per heavy atom. The van der Waals surface area contributed by atoms with E-state index in [0.29, 0.717) is 6.54 Å². The largest absolute Gasteiger partial charge is 0.390 e. The smallest absolute Gasteiger partial charge is 0.0793 e. The lowest BCUT2D eigenvalue weighted by molar-refractivity contribution is -0.0778. The van der Waals surface area contributed by atoms with Crippen LogP contribution in [0.15, 0.2) is 12.2 Å². The van der Waals surface area contributed by atoms with Gasteiger partial charge in [-0.25, -0.2) is 0 Å². The van der Waals surface area contributed by atoms with Gasteiger partial charge in [-0.1, -0.05) is 19.1 Å². The molecular formula is C15H30N2O2. The van der Waals surface area contributed by atoms with Crippen molar-refractivity contribution in [2.75, 3.05) is 39.3 Å². The minimum atomic E-state index is -0.309. The van der Waals surface area contributed by atoms with E-state index in [1.807, 2.05) is 6.92 Å². The van der Waals surface area contributed by atoms with Crippen LogP contribution in [-0.2, 0) is 4.74 Å². The number of rotatable bonds is 7. The molecule has 1 rings (SSSR count). The Kier molecular flexibility index (Phi) is 7.00. The van der Waals surface area contributed by atoms with E-state index in [-0.39, 0.29) is 18.3 Å². The van der Waals surface area contributed by atoms with Crippen molar-refractivity contribution in [2.24, 2.45) is 0 Å². The predicted molar refractivity (Wildman–Crippen MR) is 79.4 cm³/mol. The molecule has 1 heterocycles. The molecular weight excluding hydrogens is 240 g/mol. The first kappa shape index (κ1) is 16.6.